The highest BCUT2D eigenvalue weighted by molar-refractivity contribution is 6.34. The van der Waals surface area contributed by atoms with E-state index in [1.165, 1.54) is 6.92 Å². The minimum Gasteiger partial charge on any atom is -0.462 e. The second-order valence-electron chi connectivity index (χ2n) is 3.84. The number of aromatic nitrogens is 1. The molecule has 0 spiro atoms. The van der Waals surface area contributed by atoms with E-state index >= 15 is 0 Å². The van der Waals surface area contributed by atoms with Gasteiger partial charge in [-0.2, -0.15) is 26.3 Å². The largest absolute Gasteiger partial charge is 0.462 e. The summed E-state index contributed by atoms with van der Waals surface area (Å²) in [5.74, 6) is -1.49. The summed E-state index contributed by atoms with van der Waals surface area (Å²) in [4.78, 5) is 14.1. The molecule has 1 aromatic heterocycles. The van der Waals surface area contributed by atoms with Crippen LogP contribution in [0.1, 0.15) is 34.2 Å². The van der Waals surface area contributed by atoms with Crippen molar-refractivity contribution in [3.63, 3.8) is 0 Å². The molecule has 21 heavy (non-hydrogen) atoms. The fourth-order valence-corrected chi connectivity index (χ4v) is 1.77. The Morgan fingerprint density at radius 2 is 1.62 bits per heavy atom. The number of ether oxygens (including phenoxy) is 1. The molecule has 1 aromatic rings. The standard InChI is InChI=1S/C11H8ClF6NO2/c1-3-21-9(20)5-6(12)4(2)7(10(13,14)15)19-8(5)11(16,17)18/h3H2,1-2H3. The van der Waals surface area contributed by atoms with Gasteiger partial charge in [-0.05, 0) is 19.4 Å². The molecule has 0 aliphatic heterocycles. The van der Waals surface area contributed by atoms with Crippen molar-refractivity contribution in [1.29, 1.82) is 0 Å². The lowest BCUT2D eigenvalue weighted by Gasteiger charge is -2.18. The number of carbonyl (C=O) groups is 1. The van der Waals surface area contributed by atoms with E-state index in [1.807, 2.05) is 0 Å². The van der Waals surface area contributed by atoms with Gasteiger partial charge >= 0.3 is 18.3 Å². The van der Waals surface area contributed by atoms with Crippen molar-refractivity contribution < 1.29 is 35.9 Å². The van der Waals surface area contributed by atoms with E-state index < -0.39 is 45.9 Å². The molecule has 118 valence electrons. The fourth-order valence-electron chi connectivity index (χ4n) is 1.52. The van der Waals surface area contributed by atoms with Gasteiger partial charge < -0.3 is 4.74 Å². The Morgan fingerprint density at radius 3 is 2.00 bits per heavy atom. The van der Waals surface area contributed by atoms with E-state index in [-0.39, 0.29) is 6.61 Å². The van der Waals surface area contributed by atoms with Gasteiger partial charge in [-0.15, -0.1) is 0 Å². The highest BCUT2D eigenvalue weighted by Crippen LogP contribution is 2.40. The van der Waals surface area contributed by atoms with E-state index in [2.05, 4.69) is 9.72 Å². The van der Waals surface area contributed by atoms with Crippen LogP contribution in [0.5, 0.6) is 0 Å². The summed E-state index contributed by atoms with van der Waals surface area (Å²) in [6, 6.07) is 0. The minimum absolute atomic E-state index is 0.271. The maximum Gasteiger partial charge on any atom is 0.434 e. The second kappa shape index (κ2) is 5.70. The molecule has 0 saturated carbocycles. The lowest BCUT2D eigenvalue weighted by molar-refractivity contribution is -0.150. The van der Waals surface area contributed by atoms with E-state index in [9.17, 15) is 31.1 Å². The number of hydrogen-bond acceptors (Lipinski definition) is 3. The molecule has 0 atom stereocenters. The third-order valence-electron chi connectivity index (χ3n) is 2.38. The van der Waals surface area contributed by atoms with Gasteiger partial charge in [0.2, 0.25) is 0 Å². The van der Waals surface area contributed by atoms with Crippen LogP contribution in [0.4, 0.5) is 26.3 Å². The SMILES string of the molecule is CCOC(=O)c1c(C(F)(F)F)nc(C(F)(F)F)c(C)c1Cl. The molecule has 3 nitrogen and oxygen atoms in total. The molecule has 1 heterocycles. The molecule has 0 amide bonds. The Bertz CT molecular complexity index is 567. The number of halogens is 7. The quantitative estimate of drug-likeness (QED) is 0.599. The van der Waals surface area contributed by atoms with Crippen molar-refractivity contribution in [2.75, 3.05) is 6.61 Å². The molecule has 0 radical (unpaired) electrons. The Labute approximate surface area is 119 Å². The van der Waals surface area contributed by atoms with Gasteiger partial charge in [0.1, 0.15) is 11.3 Å². The summed E-state index contributed by atoms with van der Waals surface area (Å²) >= 11 is 5.51. The summed E-state index contributed by atoms with van der Waals surface area (Å²) in [6.07, 6.45) is -10.4. The molecule has 0 aliphatic carbocycles. The second-order valence-corrected chi connectivity index (χ2v) is 4.22. The molecule has 1 rings (SSSR count). The first-order chi connectivity index (χ1) is 9.41. The molecule has 0 bridgehead atoms. The number of esters is 1. The van der Waals surface area contributed by atoms with Crippen molar-refractivity contribution in [1.82, 2.24) is 4.98 Å². The summed E-state index contributed by atoms with van der Waals surface area (Å²) in [5, 5.41) is -0.983. The van der Waals surface area contributed by atoms with Gasteiger partial charge in [-0.3, -0.25) is 0 Å². The maximum atomic E-state index is 12.8. The normalized spacial score (nSPS) is 12.4. The summed E-state index contributed by atoms with van der Waals surface area (Å²) in [6.45, 7) is 1.87. The average Bonchev–Trinajstić information content (AvgIpc) is 2.29. The van der Waals surface area contributed by atoms with Crippen molar-refractivity contribution >= 4 is 17.6 Å². The number of nitrogens with zero attached hydrogens (tertiary/aromatic N) is 1. The smallest absolute Gasteiger partial charge is 0.434 e. The first-order valence-corrected chi connectivity index (χ1v) is 5.80. The number of rotatable bonds is 2. The predicted molar refractivity (Wildman–Crippen MR) is 59.9 cm³/mol. The van der Waals surface area contributed by atoms with Gasteiger partial charge in [0, 0.05) is 0 Å². The van der Waals surface area contributed by atoms with E-state index in [4.69, 9.17) is 11.6 Å². The third-order valence-corrected chi connectivity index (χ3v) is 2.85. The molecule has 10 heteroatoms. The van der Waals surface area contributed by atoms with Crippen molar-refractivity contribution in [3.05, 3.63) is 27.5 Å². The van der Waals surface area contributed by atoms with Gasteiger partial charge in [-0.25, -0.2) is 9.78 Å². The van der Waals surface area contributed by atoms with E-state index in [0.29, 0.717) is 0 Å². The molecular weight excluding hydrogens is 328 g/mol. The fraction of sp³-hybridized carbons (Fsp3) is 0.455. The van der Waals surface area contributed by atoms with Gasteiger partial charge in [0.25, 0.3) is 0 Å². The minimum atomic E-state index is -5.29. The van der Waals surface area contributed by atoms with Gasteiger partial charge in [0.05, 0.1) is 11.6 Å². The molecule has 0 aromatic carbocycles. The van der Waals surface area contributed by atoms with Crippen LogP contribution in [-0.4, -0.2) is 17.6 Å². The summed E-state index contributed by atoms with van der Waals surface area (Å²) in [5.41, 5.74) is -5.83. The Morgan fingerprint density at radius 1 is 1.14 bits per heavy atom. The Hall–Kier alpha value is -1.51. The Kier molecular flexibility index (Phi) is 4.76. The van der Waals surface area contributed by atoms with Crippen LogP contribution in [-0.2, 0) is 17.1 Å². The first-order valence-electron chi connectivity index (χ1n) is 5.42. The summed E-state index contributed by atoms with van der Waals surface area (Å²) < 4.78 is 80.9. The predicted octanol–water partition coefficient (Wildman–Crippen LogP) is 4.26. The summed E-state index contributed by atoms with van der Waals surface area (Å²) in [7, 11) is 0. The average molecular weight is 336 g/mol. The van der Waals surface area contributed by atoms with Crippen LogP contribution in [0.25, 0.3) is 0 Å². The molecular formula is C11H8ClF6NO2. The molecule has 0 aliphatic rings. The number of carbonyl (C=O) groups excluding carboxylic acids is 1. The molecule has 0 fully saturated rings. The van der Waals surface area contributed by atoms with E-state index in [1.54, 1.807) is 0 Å². The molecule has 0 unspecified atom stereocenters. The maximum absolute atomic E-state index is 12.8. The van der Waals surface area contributed by atoms with Gasteiger partial charge in [-0.1, -0.05) is 11.6 Å². The lowest BCUT2D eigenvalue weighted by Crippen LogP contribution is -2.23. The van der Waals surface area contributed by atoms with Crippen molar-refractivity contribution in [3.8, 4) is 0 Å². The van der Waals surface area contributed by atoms with Gasteiger partial charge in [0.15, 0.2) is 5.69 Å². The van der Waals surface area contributed by atoms with Crippen LogP contribution < -0.4 is 0 Å². The topological polar surface area (TPSA) is 39.2 Å². The molecule has 0 saturated heterocycles. The van der Waals surface area contributed by atoms with Crippen LogP contribution in [0, 0.1) is 6.92 Å². The Balaban J connectivity index is 3.72. The number of hydrogen-bond donors (Lipinski definition) is 0. The zero-order valence-electron chi connectivity index (χ0n) is 10.6. The first kappa shape index (κ1) is 17.5. The van der Waals surface area contributed by atoms with E-state index in [0.717, 1.165) is 6.92 Å². The lowest BCUT2D eigenvalue weighted by atomic mass is 10.1. The molecule has 0 N–H and O–H groups in total. The van der Waals surface area contributed by atoms with Crippen molar-refractivity contribution in [2.24, 2.45) is 0 Å². The number of alkyl halides is 6. The van der Waals surface area contributed by atoms with Crippen LogP contribution in [0.2, 0.25) is 5.02 Å². The zero-order chi connectivity index (χ0) is 16.6. The number of pyridine rings is 1. The zero-order valence-corrected chi connectivity index (χ0v) is 11.4. The van der Waals surface area contributed by atoms with Crippen LogP contribution in [0.15, 0.2) is 0 Å². The highest BCUT2D eigenvalue weighted by atomic mass is 35.5. The monoisotopic (exact) mass is 335 g/mol. The van der Waals surface area contributed by atoms with Crippen LogP contribution >= 0.6 is 11.6 Å². The third kappa shape index (κ3) is 3.58. The van der Waals surface area contributed by atoms with Crippen LogP contribution in [0.3, 0.4) is 0 Å². The van der Waals surface area contributed by atoms with Crippen molar-refractivity contribution in [2.45, 2.75) is 26.2 Å². The highest BCUT2D eigenvalue weighted by Gasteiger charge is 2.44.